The van der Waals surface area contributed by atoms with Crippen molar-refractivity contribution in [3.8, 4) is 5.75 Å². The van der Waals surface area contributed by atoms with Crippen LogP contribution in [0.2, 0.25) is 0 Å². The molecule has 8 heteroatoms. The van der Waals surface area contributed by atoms with Crippen molar-refractivity contribution in [3.05, 3.63) is 23.8 Å². The monoisotopic (exact) mass is 295 g/mol. The van der Waals surface area contributed by atoms with Gasteiger partial charge in [-0.25, -0.2) is 4.79 Å². The predicted molar refractivity (Wildman–Crippen MR) is 68.5 cm³/mol. The molecule has 0 atom stereocenters. The summed E-state index contributed by atoms with van der Waals surface area (Å²) < 4.78 is 19.4. The minimum absolute atomic E-state index is 0.259. The molecule has 0 aromatic heterocycles. The lowest BCUT2D eigenvalue weighted by molar-refractivity contribution is -0.197. The second-order valence-electron chi connectivity index (χ2n) is 4.04. The molecule has 0 unspecified atom stereocenters. The first-order valence-corrected chi connectivity index (χ1v) is 5.95. The van der Waals surface area contributed by atoms with Crippen LogP contribution in [0.15, 0.2) is 18.2 Å². The van der Waals surface area contributed by atoms with Crippen LogP contribution in [-0.2, 0) is 23.8 Å². The quantitative estimate of drug-likeness (QED) is 0.639. The van der Waals surface area contributed by atoms with Gasteiger partial charge in [-0.05, 0) is 18.2 Å². The van der Waals surface area contributed by atoms with Crippen LogP contribution in [0.5, 0.6) is 5.75 Å². The number of carbonyl (C=O) groups excluding carboxylic acids is 3. The van der Waals surface area contributed by atoms with E-state index in [1.165, 1.54) is 32.4 Å². The number of esters is 3. The van der Waals surface area contributed by atoms with Crippen LogP contribution < -0.4 is 10.1 Å². The van der Waals surface area contributed by atoms with Crippen molar-refractivity contribution < 1.29 is 33.3 Å². The zero-order valence-electron chi connectivity index (χ0n) is 11.4. The smallest absolute Gasteiger partial charge is 0.337 e. The van der Waals surface area contributed by atoms with E-state index in [1.807, 2.05) is 0 Å². The molecule has 8 nitrogen and oxygen atoms in total. The van der Waals surface area contributed by atoms with Crippen molar-refractivity contribution in [3.63, 3.8) is 0 Å². The summed E-state index contributed by atoms with van der Waals surface area (Å²) in [6.45, 7) is 0. The molecule has 112 valence electrons. The topological polar surface area (TPSA) is 100 Å². The first-order valence-electron chi connectivity index (χ1n) is 5.95. The van der Waals surface area contributed by atoms with Crippen LogP contribution in [0.1, 0.15) is 16.8 Å². The van der Waals surface area contributed by atoms with E-state index in [9.17, 15) is 14.4 Å². The highest BCUT2D eigenvalue weighted by molar-refractivity contribution is 5.93. The lowest BCUT2D eigenvalue weighted by Crippen LogP contribution is -2.37. The van der Waals surface area contributed by atoms with Crippen LogP contribution in [0, 0.1) is 0 Å². The predicted octanol–water partition coefficient (Wildman–Crippen LogP) is 0.667. The van der Waals surface area contributed by atoms with Gasteiger partial charge in [-0.1, -0.05) is 0 Å². The summed E-state index contributed by atoms with van der Waals surface area (Å²) in [4.78, 5) is 33.9. The second kappa shape index (κ2) is 6.12. The minimum atomic E-state index is -1.28. The molecule has 1 aromatic rings. The van der Waals surface area contributed by atoms with Gasteiger partial charge in [0.2, 0.25) is 0 Å². The fraction of sp³-hybridized carbons (Fsp3) is 0.308. The molecular weight excluding hydrogens is 282 g/mol. The van der Waals surface area contributed by atoms with Crippen LogP contribution in [0.25, 0.3) is 0 Å². The molecule has 1 saturated heterocycles. The zero-order chi connectivity index (χ0) is 15.4. The van der Waals surface area contributed by atoms with Gasteiger partial charge in [-0.2, -0.15) is 0 Å². The van der Waals surface area contributed by atoms with Crippen LogP contribution in [0.4, 0.5) is 5.69 Å². The molecule has 0 bridgehead atoms. The number of benzene rings is 1. The van der Waals surface area contributed by atoms with E-state index < -0.39 is 30.7 Å². The van der Waals surface area contributed by atoms with Crippen molar-refractivity contribution in [1.82, 2.24) is 0 Å². The molecule has 1 aliphatic heterocycles. The Kier molecular flexibility index (Phi) is 4.27. The molecule has 1 heterocycles. The van der Waals surface area contributed by atoms with Crippen LogP contribution in [0.3, 0.4) is 0 Å². The molecule has 0 radical (unpaired) electrons. The van der Waals surface area contributed by atoms with Gasteiger partial charge in [0.1, 0.15) is 12.2 Å². The third-order valence-corrected chi connectivity index (χ3v) is 2.66. The maximum atomic E-state index is 11.5. The summed E-state index contributed by atoms with van der Waals surface area (Å²) in [5, 5.41) is 2.66. The Labute approximate surface area is 119 Å². The molecule has 1 aliphatic rings. The summed E-state index contributed by atoms with van der Waals surface area (Å²) >= 11 is 0. The molecule has 0 saturated carbocycles. The fourth-order valence-corrected chi connectivity index (χ4v) is 1.72. The van der Waals surface area contributed by atoms with Crippen molar-refractivity contribution >= 4 is 23.6 Å². The number of rotatable bonds is 4. The molecule has 2 rings (SSSR count). The summed E-state index contributed by atoms with van der Waals surface area (Å²) in [6.07, 6.45) is -1.71. The number of anilines is 1. The van der Waals surface area contributed by atoms with Gasteiger partial charge in [0.25, 0.3) is 0 Å². The Bertz CT molecular complexity index is 568. The second-order valence-corrected chi connectivity index (χ2v) is 4.04. The van der Waals surface area contributed by atoms with Crippen LogP contribution in [-0.4, -0.2) is 38.5 Å². The van der Waals surface area contributed by atoms with E-state index in [2.05, 4.69) is 10.1 Å². The van der Waals surface area contributed by atoms with Crippen molar-refractivity contribution in [2.24, 2.45) is 0 Å². The molecule has 1 N–H and O–H groups in total. The number of ether oxygens (including phenoxy) is 4. The molecule has 0 spiro atoms. The van der Waals surface area contributed by atoms with E-state index in [0.29, 0.717) is 11.4 Å². The Morgan fingerprint density at radius 2 is 1.90 bits per heavy atom. The summed E-state index contributed by atoms with van der Waals surface area (Å²) in [7, 11) is 2.68. The van der Waals surface area contributed by atoms with E-state index in [1.54, 1.807) is 0 Å². The Balaban J connectivity index is 2.22. The number of hydrogen-bond donors (Lipinski definition) is 1. The van der Waals surface area contributed by atoms with E-state index in [-0.39, 0.29) is 5.56 Å². The van der Waals surface area contributed by atoms with Gasteiger partial charge in [-0.3, -0.25) is 9.59 Å². The average Bonchev–Trinajstić information content (AvgIpc) is 2.45. The van der Waals surface area contributed by atoms with E-state index in [0.717, 1.165) is 0 Å². The maximum Gasteiger partial charge on any atom is 0.337 e. The van der Waals surface area contributed by atoms with Gasteiger partial charge < -0.3 is 24.3 Å². The molecular formula is C13H13NO7. The molecule has 21 heavy (non-hydrogen) atoms. The van der Waals surface area contributed by atoms with Crippen LogP contribution >= 0.6 is 0 Å². The highest BCUT2D eigenvalue weighted by Crippen LogP contribution is 2.27. The molecule has 1 aromatic carbocycles. The van der Waals surface area contributed by atoms with Gasteiger partial charge in [-0.15, -0.1) is 0 Å². The first kappa shape index (κ1) is 14.6. The first-order chi connectivity index (χ1) is 10.0. The number of nitrogens with one attached hydrogen (secondary N) is 1. The lowest BCUT2D eigenvalue weighted by Gasteiger charge is -2.24. The highest BCUT2D eigenvalue weighted by atomic mass is 16.7. The van der Waals surface area contributed by atoms with Gasteiger partial charge in [0.05, 0.1) is 25.5 Å². The minimum Gasteiger partial charge on any atom is -0.495 e. The number of carbonyl (C=O) groups is 3. The molecule has 1 fully saturated rings. The summed E-state index contributed by atoms with van der Waals surface area (Å²) in [5.74, 6) is -1.57. The number of hydrogen-bond acceptors (Lipinski definition) is 8. The Hall–Kier alpha value is -2.77. The Morgan fingerprint density at radius 1 is 1.24 bits per heavy atom. The number of cyclic esters (lactones) is 2. The summed E-state index contributed by atoms with van der Waals surface area (Å²) in [5.41, 5.74) is 0.571. The lowest BCUT2D eigenvalue weighted by atomic mass is 10.2. The van der Waals surface area contributed by atoms with Crippen molar-refractivity contribution in [2.75, 3.05) is 19.5 Å². The SMILES string of the molecule is COC(=O)c1ccc(OC)c(NC2OC(=O)CC(=O)O2)c1. The van der Waals surface area contributed by atoms with Gasteiger partial charge >= 0.3 is 24.3 Å². The fourth-order valence-electron chi connectivity index (χ4n) is 1.72. The Morgan fingerprint density at radius 3 is 2.48 bits per heavy atom. The van der Waals surface area contributed by atoms with E-state index in [4.69, 9.17) is 14.2 Å². The summed E-state index contributed by atoms with van der Waals surface area (Å²) in [6, 6.07) is 4.47. The van der Waals surface area contributed by atoms with Crippen molar-refractivity contribution in [1.29, 1.82) is 0 Å². The zero-order valence-corrected chi connectivity index (χ0v) is 11.4. The largest absolute Gasteiger partial charge is 0.495 e. The standard InChI is InChI=1S/C13H13NO7/c1-18-9-4-3-7(12(17)19-2)5-8(9)14-13-20-10(15)6-11(16)21-13/h3-5,13-14H,6H2,1-2H3. The highest BCUT2D eigenvalue weighted by Gasteiger charge is 2.28. The average molecular weight is 295 g/mol. The van der Waals surface area contributed by atoms with E-state index >= 15 is 0 Å². The third kappa shape index (κ3) is 3.41. The maximum absolute atomic E-state index is 11.5. The molecule has 0 aliphatic carbocycles. The normalized spacial score (nSPS) is 15.0. The number of methoxy groups -OCH3 is 2. The molecule has 0 amide bonds. The van der Waals surface area contributed by atoms with Gasteiger partial charge in [0, 0.05) is 0 Å². The van der Waals surface area contributed by atoms with Crippen molar-refractivity contribution in [2.45, 2.75) is 12.8 Å². The van der Waals surface area contributed by atoms with Gasteiger partial charge in [0.15, 0.2) is 0 Å². The third-order valence-electron chi connectivity index (χ3n) is 2.66.